The molecule has 3 heterocycles. The van der Waals surface area contributed by atoms with E-state index in [2.05, 4.69) is 34.9 Å². The summed E-state index contributed by atoms with van der Waals surface area (Å²) in [6.07, 6.45) is 5.26. The summed E-state index contributed by atoms with van der Waals surface area (Å²) in [6.45, 7) is 12.9. The molecule has 0 unspecified atom stereocenters. The molecule has 1 fully saturated rings. The summed E-state index contributed by atoms with van der Waals surface area (Å²) in [5, 5.41) is 4.09. The van der Waals surface area contributed by atoms with Crippen molar-refractivity contribution in [1.29, 1.82) is 0 Å². The Kier molecular flexibility index (Phi) is 10.4. The molecule has 1 aliphatic rings. The highest BCUT2D eigenvalue weighted by atomic mass is 28.3. The summed E-state index contributed by atoms with van der Waals surface area (Å²) in [6, 6.07) is 10.7. The predicted octanol–water partition coefficient (Wildman–Crippen LogP) is 5.91. The summed E-state index contributed by atoms with van der Waals surface area (Å²) >= 11 is 0. The zero-order valence-corrected chi connectivity index (χ0v) is 25.9. The average molecular weight is 582 g/mol. The van der Waals surface area contributed by atoms with Gasteiger partial charge >= 0.3 is 12.1 Å². The van der Waals surface area contributed by atoms with E-state index in [1.54, 1.807) is 11.1 Å². The monoisotopic (exact) mass is 581 g/mol. The molecule has 2 aromatic heterocycles. The summed E-state index contributed by atoms with van der Waals surface area (Å²) < 4.78 is 18.9. The van der Waals surface area contributed by atoms with E-state index in [9.17, 15) is 9.59 Å². The van der Waals surface area contributed by atoms with Crippen LogP contribution in [0.15, 0.2) is 42.9 Å². The molecule has 4 rings (SSSR count). The van der Waals surface area contributed by atoms with Gasteiger partial charge in [0.15, 0.2) is 0 Å². The van der Waals surface area contributed by atoms with Crippen molar-refractivity contribution in [3.8, 4) is 0 Å². The van der Waals surface area contributed by atoms with Crippen molar-refractivity contribution in [2.75, 3.05) is 25.1 Å². The van der Waals surface area contributed by atoms with E-state index in [1.807, 2.05) is 48.7 Å². The van der Waals surface area contributed by atoms with E-state index in [-0.39, 0.29) is 31.5 Å². The third-order valence-corrected chi connectivity index (χ3v) is 8.90. The number of benzene rings is 1. The number of nitrogens with one attached hydrogen (secondary N) is 1. The second kappa shape index (κ2) is 14.0. The fourth-order valence-electron chi connectivity index (χ4n) is 4.77. The van der Waals surface area contributed by atoms with Crippen molar-refractivity contribution in [3.63, 3.8) is 0 Å². The van der Waals surface area contributed by atoms with Crippen LogP contribution in [0.2, 0.25) is 25.7 Å². The van der Waals surface area contributed by atoms with Crippen LogP contribution in [0.1, 0.15) is 49.0 Å². The Labute approximate surface area is 243 Å². The number of piperidine rings is 1. The molecule has 0 saturated carbocycles. The van der Waals surface area contributed by atoms with Crippen LogP contribution in [0.25, 0.3) is 11.0 Å². The first-order valence-corrected chi connectivity index (χ1v) is 18.2. The van der Waals surface area contributed by atoms with Crippen molar-refractivity contribution in [2.45, 2.75) is 84.2 Å². The molecule has 11 heteroatoms. The third kappa shape index (κ3) is 8.29. The second-order valence-corrected chi connectivity index (χ2v) is 17.5. The summed E-state index contributed by atoms with van der Waals surface area (Å²) in [4.78, 5) is 36.9. The maximum atomic E-state index is 13.1. The quantitative estimate of drug-likeness (QED) is 0.160. The van der Waals surface area contributed by atoms with E-state index in [4.69, 9.17) is 14.2 Å². The molecule has 3 aromatic rings. The second-order valence-electron chi connectivity index (χ2n) is 11.9. The number of anilines is 1. The SMILES string of the molecule is CCCOC(=O)c1cn(COCC[Si](C)(C)C)c2ncnc(N[C@@H]3CC[C@H](C)N(C(=O)OCc4ccccc4)C3)c12. The molecule has 0 radical (unpaired) electrons. The largest absolute Gasteiger partial charge is 0.462 e. The minimum Gasteiger partial charge on any atom is -0.462 e. The maximum absolute atomic E-state index is 13.1. The molecular weight excluding hydrogens is 538 g/mol. The first kappa shape index (κ1) is 30.5. The maximum Gasteiger partial charge on any atom is 0.410 e. The number of rotatable bonds is 12. The number of hydrogen-bond acceptors (Lipinski definition) is 8. The molecule has 1 saturated heterocycles. The number of likely N-dealkylation sites (tertiary alicyclic amines) is 1. The van der Waals surface area contributed by atoms with Gasteiger partial charge < -0.3 is 29.0 Å². The lowest BCUT2D eigenvalue weighted by Crippen LogP contribution is -2.49. The Balaban J connectivity index is 1.51. The molecule has 1 aliphatic heterocycles. The van der Waals surface area contributed by atoms with Crippen LogP contribution in [-0.4, -0.2) is 71.4 Å². The molecule has 1 amide bonds. The fourth-order valence-corrected chi connectivity index (χ4v) is 5.53. The highest BCUT2D eigenvalue weighted by Gasteiger charge is 2.31. The topological polar surface area (TPSA) is 108 Å². The molecule has 41 heavy (non-hydrogen) atoms. The first-order chi connectivity index (χ1) is 19.7. The highest BCUT2D eigenvalue weighted by molar-refractivity contribution is 6.76. The number of aromatic nitrogens is 3. The van der Waals surface area contributed by atoms with E-state index in [1.165, 1.54) is 6.33 Å². The van der Waals surface area contributed by atoms with Gasteiger partial charge in [-0.1, -0.05) is 56.9 Å². The number of carbonyl (C=O) groups excluding carboxylic acids is 2. The number of carbonyl (C=O) groups is 2. The zero-order chi connectivity index (χ0) is 29.4. The molecule has 1 N–H and O–H groups in total. The van der Waals surface area contributed by atoms with E-state index in [0.29, 0.717) is 42.2 Å². The van der Waals surface area contributed by atoms with Crippen molar-refractivity contribution >= 4 is 37.0 Å². The van der Waals surface area contributed by atoms with Gasteiger partial charge in [-0.25, -0.2) is 19.6 Å². The van der Waals surface area contributed by atoms with Crippen molar-refractivity contribution in [2.24, 2.45) is 0 Å². The Hall–Kier alpha value is -3.44. The predicted molar refractivity (Wildman–Crippen MR) is 162 cm³/mol. The highest BCUT2D eigenvalue weighted by Crippen LogP contribution is 2.29. The van der Waals surface area contributed by atoms with Gasteiger partial charge in [0.25, 0.3) is 0 Å². The molecule has 1 aromatic carbocycles. The van der Waals surface area contributed by atoms with Gasteiger partial charge in [0.2, 0.25) is 0 Å². The van der Waals surface area contributed by atoms with Crippen LogP contribution >= 0.6 is 0 Å². The Morgan fingerprint density at radius 2 is 1.85 bits per heavy atom. The zero-order valence-electron chi connectivity index (χ0n) is 24.9. The van der Waals surface area contributed by atoms with Gasteiger partial charge in [0.05, 0.1) is 17.6 Å². The van der Waals surface area contributed by atoms with E-state index < -0.39 is 14.0 Å². The van der Waals surface area contributed by atoms with Crippen LogP contribution in [0, 0.1) is 0 Å². The average Bonchev–Trinajstić information content (AvgIpc) is 3.33. The lowest BCUT2D eigenvalue weighted by atomic mass is 9.99. The van der Waals surface area contributed by atoms with Crippen LogP contribution in [0.4, 0.5) is 10.6 Å². The number of fused-ring (bicyclic) bond motifs is 1. The molecule has 222 valence electrons. The van der Waals surface area contributed by atoms with Crippen molar-refractivity contribution in [1.82, 2.24) is 19.4 Å². The van der Waals surface area contributed by atoms with Crippen LogP contribution < -0.4 is 5.32 Å². The molecule has 10 nitrogen and oxygen atoms in total. The summed E-state index contributed by atoms with van der Waals surface area (Å²) in [5.74, 6) is 0.121. The minimum atomic E-state index is -1.23. The Bertz CT molecular complexity index is 1310. The van der Waals surface area contributed by atoms with Gasteiger partial charge in [0.1, 0.15) is 31.1 Å². The molecule has 2 atom stereocenters. The van der Waals surface area contributed by atoms with Gasteiger partial charge in [-0.05, 0) is 37.8 Å². The van der Waals surface area contributed by atoms with Gasteiger partial charge in [-0.2, -0.15) is 0 Å². The summed E-state index contributed by atoms with van der Waals surface area (Å²) in [7, 11) is -1.23. The van der Waals surface area contributed by atoms with E-state index >= 15 is 0 Å². The number of hydrogen-bond donors (Lipinski definition) is 1. The van der Waals surface area contributed by atoms with Crippen LogP contribution in [0.3, 0.4) is 0 Å². The van der Waals surface area contributed by atoms with Gasteiger partial charge in [-0.3, -0.25) is 0 Å². The lowest BCUT2D eigenvalue weighted by Gasteiger charge is -2.37. The molecule has 0 spiro atoms. The smallest absolute Gasteiger partial charge is 0.410 e. The molecule has 0 aliphatic carbocycles. The third-order valence-electron chi connectivity index (χ3n) is 7.20. The van der Waals surface area contributed by atoms with Crippen molar-refractivity contribution < 1.29 is 23.8 Å². The Morgan fingerprint density at radius 3 is 2.59 bits per heavy atom. The normalized spacial score (nSPS) is 17.4. The molecular formula is C30H43N5O5Si. The minimum absolute atomic E-state index is 0.0516. The number of esters is 1. The van der Waals surface area contributed by atoms with Gasteiger partial charge in [-0.15, -0.1) is 0 Å². The van der Waals surface area contributed by atoms with Crippen molar-refractivity contribution in [3.05, 3.63) is 54.0 Å². The van der Waals surface area contributed by atoms with Gasteiger partial charge in [0, 0.05) is 39.5 Å². The number of ether oxygens (including phenoxy) is 3. The fraction of sp³-hybridized carbons (Fsp3) is 0.533. The van der Waals surface area contributed by atoms with Crippen LogP contribution in [-0.2, 0) is 27.5 Å². The Morgan fingerprint density at radius 1 is 1.07 bits per heavy atom. The van der Waals surface area contributed by atoms with Crippen LogP contribution in [0.5, 0.6) is 0 Å². The standard InChI is InChI=1S/C30H43N5O5Si/c1-6-14-39-29(36)25-18-34(21-38-15-16-41(3,4)5)28-26(25)27(31-20-32-28)33-24-13-12-22(2)35(17-24)30(37)40-19-23-10-8-7-9-11-23/h7-11,18,20,22,24H,6,12-17,19,21H2,1-5H3,(H,31,32,33)/t22-,24+/m0/s1. The number of amides is 1. The van der Waals surface area contributed by atoms with E-state index in [0.717, 1.165) is 30.9 Å². The first-order valence-electron chi connectivity index (χ1n) is 14.5. The molecule has 0 bridgehead atoms. The lowest BCUT2D eigenvalue weighted by molar-refractivity contribution is 0.0505. The summed E-state index contributed by atoms with van der Waals surface area (Å²) in [5.41, 5.74) is 1.94. The number of nitrogens with zero attached hydrogens (tertiary/aromatic N) is 4.